The van der Waals surface area contributed by atoms with E-state index in [9.17, 15) is 4.79 Å². The molecular weight excluding hydrogens is 190 g/mol. The third kappa shape index (κ3) is 1.13. The Labute approximate surface area is 90.4 Å². The number of hydrogen-bond donors (Lipinski definition) is 1. The molecule has 0 saturated heterocycles. The van der Waals surface area contributed by atoms with Crippen molar-refractivity contribution < 1.29 is 9.53 Å². The average molecular weight is 209 g/mol. The first-order valence-corrected chi connectivity index (χ1v) is 5.99. The summed E-state index contributed by atoms with van der Waals surface area (Å²) in [4.78, 5) is 12.0. The minimum atomic E-state index is -0.316. The van der Waals surface area contributed by atoms with Gasteiger partial charge in [0.05, 0.1) is 12.5 Å². The summed E-state index contributed by atoms with van der Waals surface area (Å²) in [5.41, 5.74) is 5.96. The van der Waals surface area contributed by atoms with Crippen molar-refractivity contribution in [3.8, 4) is 0 Å². The Morgan fingerprint density at radius 2 is 1.87 bits per heavy atom. The van der Waals surface area contributed by atoms with Crippen LogP contribution in [0.15, 0.2) is 0 Å². The monoisotopic (exact) mass is 209 g/mol. The van der Waals surface area contributed by atoms with Crippen molar-refractivity contribution in [2.75, 3.05) is 7.11 Å². The molecule has 0 radical (unpaired) electrons. The first-order valence-electron chi connectivity index (χ1n) is 5.99. The van der Waals surface area contributed by atoms with Crippen LogP contribution in [0.1, 0.15) is 32.1 Å². The number of carbonyl (C=O) groups excluding carboxylic acids is 1. The molecule has 0 amide bonds. The summed E-state index contributed by atoms with van der Waals surface area (Å²) in [5, 5.41) is 0. The zero-order valence-corrected chi connectivity index (χ0v) is 9.24. The quantitative estimate of drug-likeness (QED) is 0.662. The number of hydrogen-bond acceptors (Lipinski definition) is 3. The first-order chi connectivity index (χ1) is 7.15. The molecule has 3 nitrogen and oxygen atoms in total. The number of ether oxygens (including phenoxy) is 1. The van der Waals surface area contributed by atoms with Crippen LogP contribution in [-0.4, -0.2) is 19.1 Å². The van der Waals surface area contributed by atoms with Gasteiger partial charge in [0.15, 0.2) is 0 Å². The van der Waals surface area contributed by atoms with Gasteiger partial charge in [0.2, 0.25) is 0 Å². The molecule has 3 heteroatoms. The van der Waals surface area contributed by atoms with E-state index in [0.717, 1.165) is 24.7 Å². The van der Waals surface area contributed by atoms with Crippen molar-refractivity contribution in [1.82, 2.24) is 0 Å². The van der Waals surface area contributed by atoms with Gasteiger partial charge in [-0.25, -0.2) is 0 Å². The Bertz CT molecular complexity index is 288. The van der Waals surface area contributed by atoms with Crippen molar-refractivity contribution in [3.05, 3.63) is 0 Å². The zero-order chi connectivity index (χ0) is 10.6. The molecule has 2 N–H and O–H groups in total. The van der Waals surface area contributed by atoms with Crippen LogP contribution in [0.3, 0.4) is 0 Å². The molecule has 0 spiro atoms. The Balaban J connectivity index is 1.97. The second kappa shape index (κ2) is 2.97. The van der Waals surface area contributed by atoms with E-state index < -0.39 is 0 Å². The van der Waals surface area contributed by atoms with Crippen molar-refractivity contribution in [2.24, 2.45) is 28.9 Å². The van der Waals surface area contributed by atoms with E-state index in [4.69, 9.17) is 10.5 Å². The first kappa shape index (κ1) is 9.64. The van der Waals surface area contributed by atoms with Gasteiger partial charge >= 0.3 is 5.97 Å². The van der Waals surface area contributed by atoms with Crippen molar-refractivity contribution >= 4 is 5.97 Å². The fourth-order valence-electron chi connectivity index (χ4n) is 4.59. The maximum Gasteiger partial charge on any atom is 0.313 e. The highest BCUT2D eigenvalue weighted by atomic mass is 16.5. The SMILES string of the molecule is COC(=O)C12CC3CC(CC(C3)C1N)C2. The molecule has 4 bridgehead atoms. The van der Waals surface area contributed by atoms with Gasteiger partial charge < -0.3 is 10.5 Å². The minimum absolute atomic E-state index is 0.0471. The lowest BCUT2D eigenvalue weighted by molar-refractivity contribution is -0.171. The summed E-state index contributed by atoms with van der Waals surface area (Å²) in [7, 11) is 1.49. The number of esters is 1. The van der Waals surface area contributed by atoms with Gasteiger partial charge in [0, 0.05) is 6.04 Å². The van der Waals surface area contributed by atoms with Gasteiger partial charge in [-0.3, -0.25) is 4.79 Å². The molecule has 0 aromatic rings. The Kier molecular flexibility index (Phi) is 1.91. The average Bonchev–Trinajstić information content (AvgIpc) is 2.23. The van der Waals surface area contributed by atoms with E-state index >= 15 is 0 Å². The number of methoxy groups -OCH3 is 1. The number of carbonyl (C=O) groups is 1. The second-order valence-corrected chi connectivity index (χ2v) is 5.78. The normalized spacial score (nSPS) is 51.9. The molecule has 4 rings (SSSR count). The third-order valence-electron chi connectivity index (χ3n) is 4.98. The van der Waals surface area contributed by atoms with Crippen LogP contribution in [-0.2, 0) is 9.53 Å². The molecule has 4 fully saturated rings. The van der Waals surface area contributed by atoms with Gasteiger partial charge in [-0.2, -0.15) is 0 Å². The summed E-state index contributed by atoms with van der Waals surface area (Å²) in [6.45, 7) is 0. The maximum absolute atomic E-state index is 12.0. The number of nitrogens with two attached hydrogens (primary N) is 1. The highest BCUT2D eigenvalue weighted by molar-refractivity contribution is 5.78. The number of rotatable bonds is 1. The lowest BCUT2D eigenvalue weighted by atomic mass is 9.47. The Morgan fingerprint density at radius 1 is 1.27 bits per heavy atom. The molecular formula is C12H19NO2. The lowest BCUT2D eigenvalue weighted by Crippen LogP contribution is -2.63. The molecule has 4 aliphatic carbocycles. The van der Waals surface area contributed by atoms with Crippen molar-refractivity contribution in [3.63, 3.8) is 0 Å². The molecule has 0 aromatic carbocycles. The molecule has 3 atom stereocenters. The lowest BCUT2D eigenvalue weighted by Gasteiger charge is -2.58. The molecule has 84 valence electrons. The summed E-state index contributed by atoms with van der Waals surface area (Å²) < 4.78 is 4.99. The van der Waals surface area contributed by atoms with Crippen LogP contribution >= 0.6 is 0 Å². The van der Waals surface area contributed by atoms with Gasteiger partial charge in [0.1, 0.15) is 0 Å². The largest absolute Gasteiger partial charge is 0.469 e. The van der Waals surface area contributed by atoms with Gasteiger partial charge in [-0.1, -0.05) is 0 Å². The van der Waals surface area contributed by atoms with Gasteiger partial charge in [-0.15, -0.1) is 0 Å². The van der Waals surface area contributed by atoms with Crippen LogP contribution < -0.4 is 5.73 Å². The second-order valence-electron chi connectivity index (χ2n) is 5.78. The van der Waals surface area contributed by atoms with Crippen LogP contribution in [0.5, 0.6) is 0 Å². The van der Waals surface area contributed by atoms with Crippen LogP contribution in [0, 0.1) is 23.2 Å². The minimum Gasteiger partial charge on any atom is -0.469 e. The summed E-state index contributed by atoms with van der Waals surface area (Å²) in [5.74, 6) is 2.01. The van der Waals surface area contributed by atoms with E-state index in [1.165, 1.54) is 26.4 Å². The molecule has 0 aliphatic heterocycles. The van der Waals surface area contributed by atoms with E-state index in [0.29, 0.717) is 5.92 Å². The summed E-state index contributed by atoms with van der Waals surface area (Å²) in [6, 6.07) is 0.0535. The van der Waals surface area contributed by atoms with Gasteiger partial charge in [0.25, 0.3) is 0 Å². The maximum atomic E-state index is 12.0. The molecule has 0 heterocycles. The summed E-state index contributed by atoms with van der Waals surface area (Å²) >= 11 is 0. The standard InChI is InChI=1S/C12H19NO2/c1-15-11(14)12-5-7-2-8(6-12)4-9(3-7)10(12)13/h7-10H,2-6,13H2,1H3. The van der Waals surface area contributed by atoms with Crippen molar-refractivity contribution in [2.45, 2.75) is 38.1 Å². The van der Waals surface area contributed by atoms with E-state index in [-0.39, 0.29) is 17.4 Å². The third-order valence-corrected chi connectivity index (χ3v) is 4.98. The zero-order valence-electron chi connectivity index (χ0n) is 9.24. The van der Waals surface area contributed by atoms with Crippen LogP contribution in [0.2, 0.25) is 0 Å². The molecule has 4 saturated carbocycles. The highest BCUT2D eigenvalue weighted by Gasteiger charge is 2.60. The van der Waals surface area contributed by atoms with Crippen molar-refractivity contribution in [1.29, 1.82) is 0 Å². The predicted molar refractivity (Wildman–Crippen MR) is 56.0 cm³/mol. The summed E-state index contributed by atoms with van der Waals surface area (Å²) in [6.07, 6.45) is 5.77. The van der Waals surface area contributed by atoms with E-state index in [1.54, 1.807) is 0 Å². The predicted octanol–water partition coefficient (Wildman–Crippen LogP) is 1.31. The molecule has 15 heavy (non-hydrogen) atoms. The van der Waals surface area contributed by atoms with Crippen LogP contribution in [0.25, 0.3) is 0 Å². The van der Waals surface area contributed by atoms with Gasteiger partial charge in [-0.05, 0) is 49.9 Å². The highest BCUT2D eigenvalue weighted by Crippen LogP contribution is 2.59. The van der Waals surface area contributed by atoms with Crippen LogP contribution in [0.4, 0.5) is 0 Å². The molecule has 0 aromatic heterocycles. The topological polar surface area (TPSA) is 52.3 Å². The fourth-order valence-corrected chi connectivity index (χ4v) is 4.59. The Morgan fingerprint density at radius 3 is 2.40 bits per heavy atom. The fraction of sp³-hybridized carbons (Fsp3) is 0.917. The molecule has 4 aliphatic rings. The van der Waals surface area contributed by atoms with E-state index in [1.807, 2.05) is 0 Å². The Hall–Kier alpha value is -0.570. The van der Waals surface area contributed by atoms with E-state index in [2.05, 4.69) is 0 Å². The smallest absolute Gasteiger partial charge is 0.313 e. The molecule has 3 unspecified atom stereocenters.